The van der Waals surface area contributed by atoms with Crippen LogP contribution >= 0.6 is 11.3 Å². The molecule has 0 amide bonds. The molecule has 3 nitrogen and oxygen atoms in total. The fourth-order valence-electron chi connectivity index (χ4n) is 2.08. The molecule has 0 saturated carbocycles. The summed E-state index contributed by atoms with van der Waals surface area (Å²) in [4.78, 5) is 0. The lowest BCUT2D eigenvalue weighted by Gasteiger charge is -2.13. The van der Waals surface area contributed by atoms with Gasteiger partial charge >= 0.3 is 0 Å². The van der Waals surface area contributed by atoms with Gasteiger partial charge in [0.15, 0.2) is 9.84 Å². The van der Waals surface area contributed by atoms with Crippen molar-refractivity contribution >= 4 is 21.2 Å². The van der Waals surface area contributed by atoms with Crippen molar-refractivity contribution in [1.82, 2.24) is 0 Å². The van der Waals surface area contributed by atoms with Crippen molar-refractivity contribution in [3.05, 3.63) is 52.4 Å². The van der Waals surface area contributed by atoms with Gasteiger partial charge in [0, 0.05) is 6.04 Å². The van der Waals surface area contributed by atoms with Crippen LogP contribution in [0.25, 0.3) is 0 Å². The Bertz CT molecular complexity index is 641. The molecule has 0 aliphatic rings. The third-order valence-electron chi connectivity index (χ3n) is 2.87. The molecule has 19 heavy (non-hydrogen) atoms. The van der Waals surface area contributed by atoms with Crippen molar-refractivity contribution < 1.29 is 8.42 Å². The van der Waals surface area contributed by atoms with E-state index >= 15 is 0 Å². The predicted octanol–water partition coefficient (Wildman–Crippen LogP) is 2.84. The van der Waals surface area contributed by atoms with Gasteiger partial charge < -0.3 is 5.73 Å². The Morgan fingerprint density at radius 2 is 1.84 bits per heavy atom. The highest BCUT2D eigenvalue weighted by molar-refractivity contribution is 7.93. The van der Waals surface area contributed by atoms with E-state index in [1.54, 1.807) is 17.5 Å². The summed E-state index contributed by atoms with van der Waals surface area (Å²) in [5.74, 6) is -0.0591. The summed E-state index contributed by atoms with van der Waals surface area (Å²) in [6, 6.07) is 8.80. The number of nitrogens with two attached hydrogens (primary N) is 1. The number of aryl methyl sites for hydroxylation is 2. The molecular formula is C14H17NO2S2. The lowest BCUT2D eigenvalue weighted by atomic mass is 10.0. The molecule has 0 fully saturated rings. The molecule has 0 aliphatic heterocycles. The van der Waals surface area contributed by atoms with E-state index in [0.717, 1.165) is 16.7 Å². The van der Waals surface area contributed by atoms with Gasteiger partial charge in [-0.25, -0.2) is 8.42 Å². The third kappa shape index (κ3) is 3.43. The first-order valence-electron chi connectivity index (χ1n) is 5.98. The van der Waals surface area contributed by atoms with Crippen LogP contribution in [-0.2, 0) is 9.84 Å². The number of hydrogen-bond acceptors (Lipinski definition) is 4. The van der Waals surface area contributed by atoms with Crippen molar-refractivity contribution in [2.45, 2.75) is 24.1 Å². The van der Waals surface area contributed by atoms with Crippen LogP contribution in [0.4, 0.5) is 0 Å². The van der Waals surface area contributed by atoms with Crippen LogP contribution in [0.15, 0.2) is 39.9 Å². The highest BCUT2D eigenvalue weighted by Gasteiger charge is 2.21. The van der Waals surface area contributed by atoms with Gasteiger partial charge in [-0.2, -0.15) is 0 Å². The van der Waals surface area contributed by atoms with Crippen molar-refractivity contribution in [3.63, 3.8) is 0 Å². The third-order valence-corrected chi connectivity index (χ3v) is 6.13. The zero-order chi connectivity index (χ0) is 14.0. The van der Waals surface area contributed by atoms with E-state index in [-0.39, 0.29) is 5.75 Å². The van der Waals surface area contributed by atoms with Gasteiger partial charge in [0.05, 0.1) is 5.75 Å². The van der Waals surface area contributed by atoms with Gasteiger partial charge in [-0.15, -0.1) is 11.3 Å². The van der Waals surface area contributed by atoms with Crippen LogP contribution in [-0.4, -0.2) is 14.2 Å². The smallest absolute Gasteiger partial charge is 0.189 e. The molecule has 0 spiro atoms. The van der Waals surface area contributed by atoms with Crippen LogP contribution in [0.1, 0.15) is 22.7 Å². The summed E-state index contributed by atoms with van der Waals surface area (Å²) in [6.45, 7) is 3.97. The van der Waals surface area contributed by atoms with E-state index in [9.17, 15) is 8.42 Å². The average Bonchev–Trinajstić information content (AvgIpc) is 2.80. The maximum Gasteiger partial charge on any atom is 0.189 e. The molecule has 1 aromatic carbocycles. The van der Waals surface area contributed by atoms with E-state index in [0.29, 0.717) is 4.21 Å². The van der Waals surface area contributed by atoms with Crippen molar-refractivity contribution in [2.24, 2.45) is 5.73 Å². The van der Waals surface area contributed by atoms with Gasteiger partial charge in [-0.1, -0.05) is 35.4 Å². The molecule has 1 heterocycles. The first-order valence-corrected chi connectivity index (χ1v) is 8.52. The zero-order valence-electron chi connectivity index (χ0n) is 11.0. The molecule has 0 saturated heterocycles. The lowest BCUT2D eigenvalue weighted by Crippen LogP contribution is -2.21. The Labute approximate surface area is 118 Å². The van der Waals surface area contributed by atoms with Gasteiger partial charge in [0.1, 0.15) is 4.21 Å². The SMILES string of the molecule is Cc1cc(C)cc(C(N)CS(=O)(=O)c2cccs2)c1. The second-order valence-electron chi connectivity index (χ2n) is 4.74. The van der Waals surface area contributed by atoms with Crippen LogP contribution in [0.5, 0.6) is 0 Å². The highest BCUT2D eigenvalue weighted by Crippen LogP contribution is 2.23. The molecule has 0 bridgehead atoms. The molecule has 2 rings (SSSR count). The Morgan fingerprint density at radius 1 is 1.21 bits per heavy atom. The number of sulfone groups is 1. The van der Waals surface area contributed by atoms with Gasteiger partial charge in [0.25, 0.3) is 0 Å². The van der Waals surface area contributed by atoms with Crippen molar-refractivity contribution in [1.29, 1.82) is 0 Å². The van der Waals surface area contributed by atoms with Crippen LogP contribution in [0, 0.1) is 13.8 Å². The zero-order valence-corrected chi connectivity index (χ0v) is 12.6. The average molecular weight is 295 g/mol. The molecule has 2 N–H and O–H groups in total. The second-order valence-corrected chi connectivity index (χ2v) is 7.95. The first kappa shape index (κ1) is 14.2. The minimum Gasteiger partial charge on any atom is -0.323 e. The van der Waals surface area contributed by atoms with Crippen LogP contribution in [0.2, 0.25) is 0 Å². The largest absolute Gasteiger partial charge is 0.323 e. The van der Waals surface area contributed by atoms with Crippen molar-refractivity contribution in [3.8, 4) is 0 Å². The monoisotopic (exact) mass is 295 g/mol. The molecule has 2 aromatic rings. The summed E-state index contributed by atoms with van der Waals surface area (Å²) >= 11 is 1.23. The summed E-state index contributed by atoms with van der Waals surface area (Å²) in [6.07, 6.45) is 0. The quantitative estimate of drug-likeness (QED) is 0.943. The van der Waals surface area contributed by atoms with E-state index in [1.807, 2.05) is 32.0 Å². The minimum absolute atomic E-state index is 0.0591. The number of benzene rings is 1. The van der Waals surface area contributed by atoms with Crippen LogP contribution in [0.3, 0.4) is 0 Å². The lowest BCUT2D eigenvalue weighted by molar-refractivity contribution is 0.591. The molecule has 1 atom stereocenters. The van der Waals surface area contributed by atoms with Gasteiger partial charge in [-0.05, 0) is 30.9 Å². The summed E-state index contributed by atoms with van der Waals surface area (Å²) in [7, 11) is -3.30. The molecule has 0 aliphatic carbocycles. The topological polar surface area (TPSA) is 60.2 Å². The maximum absolute atomic E-state index is 12.2. The van der Waals surface area contributed by atoms with Crippen molar-refractivity contribution in [2.75, 3.05) is 5.75 Å². The Kier molecular flexibility index (Phi) is 4.08. The van der Waals surface area contributed by atoms with E-state index in [2.05, 4.69) is 0 Å². The molecular weight excluding hydrogens is 278 g/mol. The second kappa shape index (κ2) is 5.45. The summed E-state index contributed by atoms with van der Waals surface area (Å²) in [5.41, 5.74) is 9.12. The Balaban J connectivity index is 2.24. The molecule has 0 radical (unpaired) electrons. The molecule has 5 heteroatoms. The summed E-state index contributed by atoms with van der Waals surface area (Å²) in [5, 5.41) is 1.76. The fourth-order valence-corrected chi connectivity index (χ4v) is 4.60. The Morgan fingerprint density at radius 3 is 2.37 bits per heavy atom. The van der Waals surface area contributed by atoms with Crippen LogP contribution < -0.4 is 5.73 Å². The maximum atomic E-state index is 12.2. The first-order chi connectivity index (χ1) is 8.88. The normalized spacial score (nSPS) is 13.4. The van der Waals surface area contributed by atoms with E-state index < -0.39 is 15.9 Å². The van der Waals surface area contributed by atoms with Gasteiger partial charge in [0.2, 0.25) is 0 Å². The molecule has 1 unspecified atom stereocenters. The Hall–Kier alpha value is -1.17. The molecule has 102 valence electrons. The number of rotatable bonds is 4. The predicted molar refractivity (Wildman–Crippen MR) is 79.2 cm³/mol. The minimum atomic E-state index is -3.30. The standard InChI is InChI=1S/C14H17NO2S2/c1-10-6-11(2)8-12(7-10)13(15)9-19(16,17)14-4-3-5-18-14/h3-8,13H,9,15H2,1-2H3. The fraction of sp³-hybridized carbons (Fsp3) is 0.286. The van der Waals surface area contributed by atoms with E-state index in [4.69, 9.17) is 5.73 Å². The molecule has 1 aromatic heterocycles. The number of hydrogen-bond donors (Lipinski definition) is 1. The van der Waals surface area contributed by atoms with E-state index in [1.165, 1.54) is 11.3 Å². The number of thiophene rings is 1. The highest BCUT2D eigenvalue weighted by atomic mass is 32.2. The summed E-state index contributed by atoms with van der Waals surface area (Å²) < 4.78 is 24.7. The van der Waals surface area contributed by atoms with Gasteiger partial charge in [-0.3, -0.25) is 0 Å².